The molecule has 1 fully saturated rings. The van der Waals surface area contributed by atoms with Crippen molar-refractivity contribution in [1.82, 2.24) is 14.8 Å². The molecule has 2 aliphatic rings. The van der Waals surface area contributed by atoms with Gasteiger partial charge in [-0.25, -0.2) is 9.18 Å². The maximum atomic E-state index is 13.3. The first-order valence-electron chi connectivity index (χ1n) is 10.5. The number of rotatable bonds is 4. The molecule has 1 aliphatic heterocycles. The summed E-state index contributed by atoms with van der Waals surface area (Å²) in [6.07, 6.45) is 1.18. The Bertz CT molecular complexity index is 1280. The number of halogens is 1. The molecule has 3 aromatic rings. The van der Waals surface area contributed by atoms with E-state index in [1.165, 1.54) is 12.1 Å². The third kappa shape index (κ3) is 2.88. The van der Waals surface area contributed by atoms with Gasteiger partial charge in [-0.1, -0.05) is 24.3 Å². The van der Waals surface area contributed by atoms with Crippen LogP contribution in [0.25, 0.3) is 5.69 Å². The van der Waals surface area contributed by atoms with Crippen LogP contribution in [-0.2, 0) is 16.8 Å². The fourth-order valence-corrected chi connectivity index (χ4v) is 4.99. The summed E-state index contributed by atoms with van der Waals surface area (Å²) in [6.45, 7) is 3.32. The van der Waals surface area contributed by atoms with Crippen LogP contribution in [0.5, 0.6) is 0 Å². The van der Waals surface area contributed by atoms with Crippen molar-refractivity contribution >= 4 is 17.7 Å². The largest absolute Gasteiger partial charge is 0.325 e. The number of aryl methyl sites for hydroxylation is 2. The first-order chi connectivity index (χ1) is 15.3. The molecule has 3 amide bonds. The van der Waals surface area contributed by atoms with Crippen LogP contribution in [0.1, 0.15) is 39.3 Å². The summed E-state index contributed by atoms with van der Waals surface area (Å²) in [5, 5.41) is 2.85. The van der Waals surface area contributed by atoms with Crippen LogP contribution >= 0.6 is 0 Å². The van der Waals surface area contributed by atoms with Crippen molar-refractivity contribution in [2.75, 3.05) is 6.54 Å². The summed E-state index contributed by atoms with van der Waals surface area (Å²) >= 11 is 0. The van der Waals surface area contributed by atoms with Gasteiger partial charge >= 0.3 is 6.03 Å². The van der Waals surface area contributed by atoms with Crippen molar-refractivity contribution < 1.29 is 18.8 Å². The van der Waals surface area contributed by atoms with Gasteiger partial charge in [-0.2, -0.15) is 0 Å². The number of fused-ring (bicyclic) bond motifs is 2. The van der Waals surface area contributed by atoms with E-state index in [9.17, 15) is 18.8 Å². The number of carbonyl (C=O) groups excluding carboxylic acids is 3. The lowest BCUT2D eigenvalue weighted by molar-refractivity contribution is -0.131. The van der Waals surface area contributed by atoms with E-state index in [-0.39, 0.29) is 24.1 Å². The monoisotopic (exact) mass is 431 g/mol. The summed E-state index contributed by atoms with van der Waals surface area (Å²) in [5.41, 5.74) is 3.40. The molecule has 0 saturated carbocycles. The predicted molar refractivity (Wildman–Crippen MR) is 116 cm³/mol. The van der Waals surface area contributed by atoms with E-state index in [4.69, 9.17) is 0 Å². The third-order valence-corrected chi connectivity index (χ3v) is 6.54. The van der Waals surface area contributed by atoms with Crippen LogP contribution in [0.15, 0.2) is 54.6 Å². The minimum absolute atomic E-state index is 0.321. The molecule has 0 unspecified atom stereocenters. The summed E-state index contributed by atoms with van der Waals surface area (Å²) in [4.78, 5) is 40.3. The van der Waals surface area contributed by atoms with Gasteiger partial charge < -0.3 is 9.88 Å². The number of benzene rings is 2. The number of urea groups is 1. The molecule has 1 atom stereocenters. The SMILES string of the molecule is Cc1cc(C(=O)CN2C(=O)N[C@@]3(CCc4ccccc43)C2=O)c(C)n1-c1ccc(F)cc1. The molecular weight excluding hydrogens is 409 g/mol. The lowest BCUT2D eigenvalue weighted by Gasteiger charge is -2.22. The second-order valence-corrected chi connectivity index (χ2v) is 8.40. The highest BCUT2D eigenvalue weighted by molar-refractivity contribution is 6.12. The Morgan fingerprint density at radius 3 is 2.56 bits per heavy atom. The minimum atomic E-state index is -1.08. The van der Waals surface area contributed by atoms with Crippen LogP contribution in [0.3, 0.4) is 0 Å². The average molecular weight is 431 g/mol. The van der Waals surface area contributed by atoms with Crippen molar-refractivity contribution in [3.8, 4) is 5.69 Å². The van der Waals surface area contributed by atoms with E-state index in [0.29, 0.717) is 24.1 Å². The number of nitrogens with one attached hydrogen (secondary N) is 1. The normalized spacial score (nSPS) is 19.5. The van der Waals surface area contributed by atoms with E-state index in [0.717, 1.165) is 27.4 Å². The molecule has 1 aromatic heterocycles. The van der Waals surface area contributed by atoms with Gasteiger partial charge in [-0.15, -0.1) is 0 Å². The van der Waals surface area contributed by atoms with Gasteiger partial charge in [-0.05, 0) is 68.1 Å². The van der Waals surface area contributed by atoms with Gasteiger partial charge in [0.2, 0.25) is 0 Å². The fraction of sp³-hybridized carbons (Fsp3) is 0.240. The molecule has 6 nitrogen and oxygen atoms in total. The van der Waals surface area contributed by atoms with E-state index < -0.39 is 11.6 Å². The highest BCUT2D eigenvalue weighted by Crippen LogP contribution is 2.41. The van der Waals surface area contributed by atoms with Gasteiger partial charge in [-0.3, -0.25) is 14.5 Å². The van der Waals surface area contributed by atoms with Crippen molar-refractivity contribution in [1.29, 1.82) is 0 Å². The first kappa shape index (κ1) is 20.2. The minimum Gasteiger partial charge on any atom is -0.319 e. The number of hydrogen-bond acceptors (Lipinski definition) is 3. The predicted octanol–water partition coefficient (Wildman–Crippen LogP) is 3.81. The molecule has 32 heavy (non-hydrogen) atoms. The summed E-state index contributed by atoms with van der Waals surface area (Å²) < 4.78 is 15.2. The average Bonchev–Trinajstić information content (AvgIpc) is 3.37. The molecule has 5 rings (SSSR count). The van der Waals surface area contributed by atoms with Crippen LogP contribution in [0.4, 0.5) is 9.18 Å². The van der Waals surface area contributed by atoms with Gasteiger partial charge in [0.15, 0.2) is 5.78 Å². The van der Waals surface area contributed by atoms with Gasteiger partial charge in [0, 0.05) is 22.6 Å². The number of aromatic nitrogens is 1. The van der Waals surface area contributed by atoms with E-state index in [1.54, 1.807) is 25.1 Å². The Kier molecular flexibility index (Phi) is 4.51. The van der Waals surface area contributed by atoms with E-state index in [1.807, 2.05) is 35.8 Å². The van der Waals surface area contributed by atoms with Gasteiger partial charge in [0.25, 0.3) is 5.91 Å². The second-order valence-electron chi connectivity index (χ2n) is 8.40. The third-order valence-electron chi connectivity index (χ3n) is 6.54. The molecule has 0 bridgehead atoms. The van der Waals surface area contributed by atoms with Gasteiger partial charge in [0.05, 0.1) is 6.54 Å². The number of hydrogen-bond donors (Lipinski definition) is 1. The maximum absolute atomic E-state index is 13.3. The number of nitrogens with zero attached hydrogens (tertiary/aromatic N) is 2. The smallest absolute Gasteiger partial charge is 0.319 e. The molecular formula is C25H22FN3O3. The fourth-order valence-electron chi connectivity index (χ4n) is 4.99. The second kappa shape index (κ2) is 7.15. The summed E-state index contributed by atoms with van der Waals surface area (Å²) in [7, 11) is 0. The highest BCUT2D eigenvalue weighted by atomic mass is 19.1. The van der Waals surface area contributed by atoms with Crippen LogP contribution in [-0.4, -0.2) is 33.7 Å². The standard InChI is InChI=1S/C25H22FN3O3/c1-15-13-20(16(2)29(15)19-9-7-18(26)8-10-19)22(30)14-28-23(31)25(27-24(28)32)12-11-17-5-3-4-6-21(17)25/h3-10,13H,11-12,14H2,1-2H3,(H,27,32)/t25-/m1/s1. The molecule has 7 heteroatoms. The molecule has 1 spiro atoms. The Hall–Kier alpha value is -3.74. The zero-order valence-corrected chi connectivity index (χ0v) is 17.8. The maximum Gasteiger partial charge on any atom is 0.325 e. The summed E-state index contributed by atoms with van der Waals surface area (Å²) in [5.74, 6) is -1.04. The zero-order chi connectivity index (χ0) is 22.6. The summed E-state index contributed by atoms with van der Waals surface area (Å²) in [6, 6.07) is 14.8. The van der Waals surface area contributed by atoms with Crippen LogP contribution in [0.2, 0.25) is 0 Å². The van der Waals surface area contributed by atoms with Crippen molar-refractivity contribution in [3.05, 3.63) is 88.5 Å². The number of amides is 3. The Balaban J connectivity index is 1.43. The Morgan fingerprint density at radius 2 is 1.81 bits per heavy atom. The molecule has 2 aromatic carbocycles. The quantitative estimate of drug-likeness (QED) is 0.504. The van der Waals surface area contributed by atoms with Crippen molar-refractivity contribution in [3.63, 3.8) is 0 Å². The zero-order valence-electron chi connectivity index (χ0n) is 17.8. The molecule has 1 N–H and O–H groups in total. The van der Waals surface area contributed by atoms with Gasteiger partial charge in [0.1, 0.15) is 11.4 Å². The van der Waals surface area contributed by atoms with Crippen LogP contribution < -0.4 is 5.32 Å². The molecule has 1 aliphatic carbocycles. The number of carbonyl (C=O) groups is 3. The lowest BCUT2D eigenvalue weighted by Crippen LogP contribution is -2.42. The Morgan fingerprint density at radius 1 is 1.09 bits per heavy atom. The topological polar surface area (TPSA) is 71.4 Å². The Labute approximate surface area is 184 Å². The highest BCUT2D eigenvalue weighted by Gasteiger charge is 2.55. The lowest BCUT2D eigenvalue weighted by atomic mass is 9.92. The molecule has 162 valence electrons. The number of imide groups is 1. The number of Topliss-reactive ketones (excluding diaryl/α,β-unsaturated/α-hetero) is 1. The van der Waals surface area contributed by atoms with Crippen molar-refractivity contribution in [2.24, 2.45) is 0 Å². The molecule has 0 radical (unpaired) electrons. The van der Waals surface area contributed by atoms with E-state index in [2.05, 4.69) is 5.32 Å². The van der Waals surface area contributed by atoms with Crippen LogP contribution in [0, 0.1) is 19.7 Å². The van der Waals surface area contributed by atoms with E-state index >= 15 is 0 Å². The molecule has 1 saturated heterocycles. The first-order valence-corrected chi connectivity index (χ1v) is 10.5. The molecule has 2 heterocycles. The van der Waals surface area contributed by atoms with Crippen molar-refractivity contribution in [2.45, 2.75) is 32.2 Å². The number of ketones is 1.